The number of imidazole rings is 1. The maximum absolute atomic E-state index is 15.8. The van der Waals surface area contributed by atoms with Gasteiger partial charge in [0.1, 0.15) is 78.3 Å². The molecule has 0 saturated carbocycles. The summed E-state index contributed by atoms with van der Waals surface area (Å²) >= 11 is 0.792. The van der Waals surface area contributed by atoms with Crippen LogP contribution in [0.4, 0.5) is 0 Å². The predicted molar refractivity (Wildman–Crippen MR) is 495 cm³/mol. The van der Waals surface area contributed by atoms with Crippen molar-refractivity contribution in [2.24, 2.45) is 34.8 Å². The molecule has 42 nitrogen and oxygen atoms in total. The van der Waals surface area contributed by atoms with Crippen molar-refractivity contribution in [1.82, 2.24) is 92.3 Å². The zero-order valence-corrected chi connectivity index (χ0v) is 77.7. The van der Waals surface area contributed by atoms with Gasteiger partial charge >= 0.3 is 5.97 Å². The number of carboxylic acids is 1. The van der Waals surface area contributed by atoms with Gasteiger partial charge in [-0.3, -0.25) is 86.3 Å². The minimum absolute atomic E-state index is 0.0354. The van der Waals surface area contributed by atoms with Crippen LogP contribution in [0.3, 0.4) is 0 Å². The number of nitrogens with zero attached hydrogens (tertiary/aromatic N) is 6. The monoisotopic (exact) mass is 1880 g/mol. The number of rotatable bonds is 28. The lowest BCUT2D eigenvalue weighted by Crippen LogP contribution is -2.60. The second-order valence-electron chi connectivity index (χ2n) is 34.4. The molecule has 2 fully saturated rings. The Morgan fingerprint density at radius 1 is 0.567 bits per heavy atom. The minimum Gasteiger partial charge on any atom is -0.508 e. The van der Waals surface area contributed by atoms with Crippen LogP contribution in [-0.4, -0.2) is 305 Å². The number of amides is 16. The van der Waals surface area contributed by atoms with E-state index in [1.54, 1.807) is 74.8 Å². The number of benzene rings is 3. The number of H-pyrrole nitrogens is 3. The number of aromatic hydroxyl groups is 1. The van der Waals surface area contributed by atoms with Gasteiger partial charge in [0.15, 0.2) is 5.78 Å². The summed E-state index contributed by atoms with van der Waals surface area (Å²) in [6.45, 7) is 6.00. The summed E-state index contributed by atoms with van der Waals surface area (Å²) in [6, 6.07) is 1.52. The number of ketones is 1. The van der Waals surface area contributed by atoms with Crippen LogP contribution in [0.5, 0.6) is 5.75 Å². The molecule has 5 heterocycles. The van der Waals surface area contributed by atoms with Gasteiger partial charge in [0, 0.05) is 131 Å². The van der Waals surface area contributed by atoms with Crippen LogP contribution in [0, 0.1) is 11.8 Å². The average molecular weight is 1880 g/mol. The molecule has 0 bridgehead atoms. The molecule has 16 amide bonds. The molecule has 0 spiro atoms. The maximum atomic E-state index is 15.8. The lowest BCUT2D eigenvalue weighted by Gasteiger charge is -2.36. The Kier molecular flexibility index (Phi) is 40.9. The van der Waals surface area contributed by atoms with Crippen LogP contribution in [0.1, 0.15) is 147 Å². The smallest absolute Gasteiger partial charge is 0.303 e. The van der Waals surface area contributed by atoms with Crippen LogP contribution in [0.2, 0.25) is 0 Å². The van der Waals surface area contributed by atoms with Crippen LogP contribution in [0.25, 0.3) is 21.8 Å². The third-order valence-corrected chi connectivity index (χ3v) is 24.8. The summed E-state index contributed by atoms with van der Waals surface area (Å²) in [6.07, 6.45) is 3.75. The van der Waals surface area contributed by atoms with Crippen molar-refractivity contribution in [2.45, 2.75) is 223 Å². The number of aliphatic carboxylic acids is 1. The summed E-state index contributed by atoms with van der Waals surface area (Å²) in [5.74, 6) is -19.6. The van der Waals surface area contributed by atoms with Crippen LogP contribution in [0.15, 0.2) is 97.7 Å². The highest BCUT2D eigenvalue weighted by molar-refractivity contribution is 8.00. The van der Waals surface area contributed by atoms with Gasteiger partial charge in [0.05, 0.1) is 31.6 Å². The van der Waals surface area contributed by atoms with Crippen molar-refractivity contribution in [3.63, 3.8) is 0 Å². The number of fused-ring (bicyclic) bond motifs is 3. The van der Waals surface area contributed by atoms with E-state index < -0.39 is 235 Å². The van der Waals surface area contributed by atoms with E-state index in [9.17, 15) is 63.0 Å². The van der Waals surface area contributed by atoms with Gasteiger partial charge in [-0.05, 0) is 112 Å². The Morgan fingerprint density at radius 2 is 1.14 bits per heavy atom. The van der Waals surface area contributed by atoms with Gasteiger partial charge in [-0.15, -0.1) is 11.8 Å². The number of phenolic OH excluding ortho intramolecular Hbond substituents is 1. The molecule has 728 valence electrons. The lowest BCUT2D eigenvalue weighted by molar-refractivity contribution is -0.149. The van der Waals surface area contributed by atoms with Crippen molar-refractivity contribution in [2.75, 3.05) is 71.9 Å². The molecule has 22 N–H and O–H groups in total. The first-order valence-electron chi connectivity index (χ1n) is 45.1. The second-order valence-corrected chi connectivity index (χ2v) is 35.4. The highest BCUT2D eigenvalue weighted by atomic mass is 32.2. The molecule has 2 aliphatic heterocycles. The number of thioether (sulfide) groups is 1. The number of primary amides is 2. The molecule has 3 aromatic heterocycles. The normalized spacial score (nSPS) is 23.4. The van der Waals surface area contributed by atoms with E-state index in [4.69, 9.17) is 22.9 Å². The van der Waals surface area contributed by atoms with E-state index in [-0.39, 0.29) is 108 Å². The quantitative estimate of drug-likeness (QED) is 0.0278. The first-order chi connectivity index (χ1) is 63.8. The summed E-state index contributed by atoms with van der Waals surface area (Å²) in [5.41, 5.74) is 26.6. The molecule has 43 heteroatoms. The fourth-order valence-electron chi connectivity index (χ4n) is 16.3. The summed E-state index contributed by atoms with van der Waals surface area (Å²) in [7, 11) is 3.99. The summed E-state index contributed by atoms with van der Waals surface area (Å²) < 4.78 is 0. The topological polar surface area (TPSA) is 637 Å². The fourth-order valence-corrected chi connectivity index (χ4v) is 17.2. The number of aromatic amines is 3. The lowest BCUT2D eigenvalue weighted by atomic mass is 9.92. The number of nitrogens with one attached hydrogen (secondary N) is 12. The number of carbonyl (C=O) groups is 18. The number of hydrogen-bond acceptors (Lipinski definition) is 23. The Balaban J connectivity index is 1.20. The number of Topliss-reactive ketones (excluding diaryl/α,β-unsaturated/α-hetero) is 1. The first-order valence-corrected chi connectivity index (χ1v) is 46.2. The molecule has 134 heavy (non-hydrogen) atoms. The van der Waals surface area contributed by atoms with Gasteiger partial charge in [0.2, 0.25) is 94.5 Å². The molecule has 2 aliphatic rings. The van der Waals surface area contributed by atoms with Crippen LogP contribution in [-0.2, 0) is 112 Å². The van der Waals surface area contributed by atoms with Gasteiger partial charge < -0.3 is 120 Å². The van der Waals surface area contributed by atoms with E-state index in [1.807, 2.05) is 13.8 Å². The molecule has 2 saturated heterocycles. The molecule has 0 radical (unpaired) electrons. The zero-order valence-electron chi connectivity index (χ0n) is 76.8. The zero-order chi connectivity index (χ0) is 98.2. The Bertz CT molecular complexity index is 5120. The maximum Gasteiger partial charge on any atom is 0.303 e. The van der Waals surface area contributed by atoms with Crippen molar-refractivity contribution < 1.29 is 96.5 Å². The third-order valence-electron chi connectivity index (χ3n) is 23.7. The van der Waals surface area contributed by atoms with Gasteiger partial charge in [-0.1, -0.05) is 102 Å². The number of likely N-dealkylation sites (N-methyl/N-ethyl adjacent to an activating group) is 3. The van der Waals surface area contributed by atoms with Gasteiger partial charge in [-0.25, -0.2) is 4.98 Å². The Labute approximate surface area is 780 Å². The van der Waals surface area contributed by atoms with E-state index in [2.05, 4.69) is 67.8 Å². The predicted octanol–water partition coefficient (Wildman–Crippen LogP) is -1.05. The summed E-state index contributed by atoms with van der Waals surface area (Å²) in [4.78, 5) is 281. The fraction of sp³-hybridized carbons (Fsp3) is 0.527. The van der Waals surface area contributed by atoms with Crippen molar-refractivity contribution in [3.05, 3.63) is 120 Å². The number of phenols is 1. The Hall–Kier alpha value is -13.3. The van der Waals surface area contributed by atoms with E-state index in [0.717, 1.165) is 26.5 Å². The largest absolute Gasteiger partial charge is 0.508 e. The van der Waals surface area contributed by atoms with E-state index >= 15 is 33.6 Å². The molecule has 13 atom stereocenters. The molecule has 0 aliphatic carbocycles. The van der Waals surface area contributed by atoms with E-state index in [0.29, 0.717) is 64.2 Å². The van der Waals surface area contributed by atoms with E-state index in [1.165, 1.54) is 74.7 Å². The molecule has 8 rings (SSSR count). The highest BCUT2D eigenvalue weighted by Crippen LogP contribution is 2.28. The minimum atomic E-state index is -1.80. The number of unbranched alkanes of at least 4 members (excludes halogenated alkanes) is 2. The average Bonchev–Trinajstić information content (AvgIpc) is 1.27. The number of nitrogens with two attached hydrogens (primary N) is 4. The third kappa shape index (κ3) is 30.6. The Morgan fingerprint density at radius 3 is 1.75 bits per heavy atom. The van der Waals surface area contributed by atoms with Crippen LogP contribution < -0.4 is 70.8 Å². The number of carboxylic acid groups (broad SMARTS) is 1. The van der Waals surface area contributed by atoms with Gasteiger partial charge in [0.25, 0.3) is 0 Å². The van der Waals surface area contributed by atoms with Gasteiger partial charge in [-0.2, -0.15) is 0 Å². The second kappa shape index (κ2) is 51.6. The molecular formula is C91H128N22O20S. The number of aromatic nitrogens is 4. The number of para-hydroxylation sites is 2. The van der Waals surface area contributed by atoms with Crippen molar-refractivity contribution in [3.8, 4) is 5.75 Å². The van der Waals surface area contributed by atoms with Crippen molar-refractivity contribution in [1.29, 1.82) is 0 Å². The molecule has 6 aromatic rings. The number of hydrogen-bond donors (Lipinski definition) is 18. The number of carbonyl (C=O) groups excluding carboxylic acids is 17. The molecule has 0 unspecified atom stereocenters. The summed E-state index contributed by atoms with van der Waals surface area (Å²) in [5, 5.41) is 45.5. The molecule has 3 aromatic carbocycles. The first kappa shape index (κ1) is 106. The van der Waals surface area contributed by atoms with Crippen molar-refractivity contribution >= 4 is 140 Å². The highest BCUT2D eigenvalue weighted by Gasteiger charge is 2.44. The standard InChI is InChI=1S/C91H128N22O20S/c1-9-11-22-72-85(127)104-66(36-51(3)4)83(125)108-71(81(123)99-46-76(95)117)48-134-49-77(118)101-68(37-53-25-27-58(114)28-26-53)87(129)109(6)52(5)79(121)106-70(42-75(94)116)90(132)113-34-17-24-73(113)86(128)105-67(41-57-45-96-50-100-57)84(126)103-65(29-30-78(119)120)89(131)112(35-33-93)47-59(115)39-54(38-55-43-97-62-20-15-13-18-60(55)62)80(122)102-64(31-32-92)82(124)107-69(40-56-44-98-63-21-16-14-19-61(56)63)88(130)111(8)74(23-12-10-2)91(133)110(72)7/h13-16,18-21,25-28,43-45,50-52,54,64-74,97-98,114H,9-12,17,22-24,29-42,46-49,92-93H2,1-8H3,(H2,94,116)(H2,95,117)(H,96,100)(H,99,123)(H,101,118)(H,102,122)(H,103,126)(H,104,127)(H,105,128)(H,106,121)(H,107,124)(H,108,125)(H,119,120)/t52-,54+,64-,65-,66-,67-,68-,69-,70-,71-,72-,73-,74-/m0/s1. The SMILES string of the molecule is CCCC[C@H]1C(=O)N(C)[C@@H](CCCC)C(=O)N[C@@H](CC(C)C)C(=O)N[C@H](C(=O)NCC(N)=O)CSCC(=O)N[C@@H](Cc2ccc(O)cc2)C(=O)N(C)[C@@H](C)C(=O)N[C@@H](CC(N)=O)C(=O)N2CCC[C@H]2C(=O)N[C@@H](Cc2cnc[nH]2)C(=O)N[C@@H](CCC(=O)O)C(=O)N(CCN)CC(=O)C[C@@H](Cc2c[nH]c3ccccc23)C(=O)N[C@@H](CCN)C(=O)N[C@@H](Cc2c[nH]c3ccccc23)C(=O)N1C. The van der Waals surface area contributed by atoms with Crippen LogP contribution >= 0.6 is 11.8 Å². The molecular weight excluding hydrogens is 1750 g/mol.